The smallest absolute Gasteiger partial charge is 0.240 e. The molecule has 5 rings (SSSR count). The number of nitriles is 2. The first-order valence-corrected chi connectivity index (χ1v) is 12.7. The van der Waals surface area contributed by atoms with Crippen molar-refractivity contribution in [1.29, 1.82) is 10.5 Å². The average molecular weight is 534 g/mol. The lowest BCUT2D eigenvalue weighted by molar-refractivity contribution is -0.133. The molecule has 2 aromatic heterocycles. The molecule has 4 N–H and O–H groups in total. The Morgan fingerprint density at radius 1 is 1.15 bits per heavy atom. The minimum absolute atomic E-state index is 0.177. The molecular weight excluding hydrogens is 506 g/mol. The molecule has 3 heterocycles. The second-order valence-electron chi connectivity index (χ2n) is 9.67. The number of aromatic amines is 1. The number of fused-ring (bicyclic) bond motifs is 1. The highest BCUT2D eigenvalue weighted by Crippen LogP contribution is 2.35. The van der Waals surface area contributed by atoms with Crippen molar-refractivity contribution < 1.29 is 9.53 Å². The fourth-order valence-corrected chi connectivity index (χ4v) is 4.71. The number of amides is 1. The van der Waals surface area contributed by atoms with Crippen molar-refractivity contribution in [2.75, 3.05) is 11.9 Å². The molecule has 200 valence electrons. The molecule has 1 atom stereocenters. The topological polar surface area (TPSA) is 170 Å². The molecule has 1 aliphatic rings. The Hall–Kier alpha value is -5.26. The molecule has 1 amide bonds. The number of carbonyl (C=O) groups excluding carboxylic acids is 1. The molecule has 1 unspecified atom stereocenters. The zero-order valence-corrected chi connectivity index (χ0v) is 22.1. The van der Waals surface area contributed by atoms with Gasteiger partial charge in [-0.15, -0.1) is 0 Å². The van der Waals surface area contributed by atoms with Crippen molar-refractivity contribution in [3.8, 4) is 23.8 Å². The number of rotatable bonds is 7. The number of nitrogens with one attached hydrogen (secondary N) is 2. The van der Waals surface area contributed by atoms with E-state index in [2.05, 4.69) is 32.6 Å². The van der Waals surface area contributed by atoms with E-state index in [-0.39, 0.29) is 12.5 Å². The van der Waals surface area contributed by atoms with E-state index in [1.165, 1.54) is 0 Å². The monoisotopic (exact) mass is 533 g/mol. The molecule has 0 saturated heterocycles. The molecule has 11 heteroatoms. The number of nitrogens with zero attached hydrogens (tertiary/aromatic N) is 6. The fourth-order valence-electron chi connectivity index (χ4n) is 4.71. The van der Waals surface area contributed by atoms with E-state index in [9.17, 15) is 10.1 Å². The molecule has 0 saturated carbocycles. The molecule has 0 aliphatic carbocycles. The van der Waals surface area contributed by atoms with Gasteiger partial charge in [0.2, 0.25) is 17.7 Å². The Bertz CT molecular complexity index is 1610. The first-order chi connectivity index (χ1) is 19.3. The number of anilines is 2. The number of hydrogen-bond donors (Lipinski definition) is 3. The Balaban J connectivity index is 1.47. The molecule has 1 aliphatic heterocycles. The van der Waals surface area contributed by atoms with E-state index in [0.29, 0.717) is 59.3 Å². The van der Waals surface area contributed by atoms with Gasteiger partial charge < -0.3 is 20.7 Å². The van der Waals surface area contributed by atoms with Gasteiger partial charge in [-0.25, -0.2) is 4.98 Å². The Morgan fingerprint density at radius 2 is 1.88 bits per heavy atom. The summed E-state index contributed by atoms with van der Waals surface area (Å²) in [6.07, 6.45) is 4.24. The molecule has 0 radical (unpaired) electrons. The van der Waals surface area contributed by atoms with Crippen LogP contribution in [0.5, 0.6) is 11.6 Å². The van der Waals surface area contributed by atoms with Crippen molar-refractivity contribution in [3.05, 3.63) is 87.9 Å². The Kier molecular flexibility index (Phi) is 7.40. The van der Waals surface area contributed by atoms with Crippen LogP contribution < -0.4 is 15.8 Å². The molecule has 4 aromatic rings. The van der Waals surface area contributed by atoms with E-state index in [4.69, 9.17) is 20.7 Å². The Labute approximate surface area is 231 Å². The second-order valence-corrected chi connectivity index (χ2v) is 9.67. The maximum atomic E-state index is 13.3. The van der Waals surface area contributed by atoms with Crippen LogP contribution in [0, 0.1) is 36.5 Å². The third-order valence-electron chi connectivity index (χ3n) is 6.72. The van der Waals surface area contributed by atoms with Gasteiger partial charge >= 0.3 is 0 Å². The molecule has 40 heavy (non-hydrogen) atoms. The predicted molar refractivity (Wildman–Crippen MR) is 147 cm³/mol. The lowest BCUT2D eigenvalue weighted by Gasteiger charge is -2.31. The van der Waals surface area contributed by atoms with E-state index in [0.717, 1.165) is 22.4 Å². The molecule has 0 bridgehead atoms. The summed E-state index contributed by atoms with van der Waals surface area (Å²) >= 11 is 0. The summed E-state index contributed by atoms with van der Waals surface area (Å²) < 4.78 is 6.40. The van der Waals surface area contributed by atoms with Crippen LogP contribution in [-0.4, -0.2) is 43.6 Å². The zero-order chi connectivity index (χ0) is 28.2. The number of ether oxygens (including phenoxy) is 1. The summed E-state index contributed by atoms with van der Waals surface area (Å²) in [7, 11) is 0. The molecular formula is C29H27N9O2. The minimum Gasteiger partial charge on any atom is -0.438 e. The average Bonchev–Trinajstić information content (AvgIpc) is 3.47. The highest BCUT2D eigenvalue weighted by Gasteiger charge is 2.30. The standard InChI is InChI=1S/C29H27N9O2/c1-17-9-20(13-31)10-18(2)26(17)40-27-23-16-38(28(39)24(32)11-21-14-33-34-15-21)8-7-25(23)36-29(37-27)35-22-5-3-19(12-30)4-6-22/h3-6,9-10,14-15,24H,7-8,11,16,32H2,1-2H3,(H,33,34)(H,35,36,37). The summed E-state index contributed by atoms with van der Waals surface area (Å²) in [4.78, 5) is 24.4. The van der Waals surface area contributed by atoms with E-state index < -0.39 is 6.04 Å². The van der Waals surface area contributed by atoms with Crippen LogP contribution in [0.2, 0.25) is 0 Å². The van der Waals surface area contributed by atoms with Gasteiger partial charge in [0.15, 0.2) is 0 Å². The fraction of sp³-hybridized carbons (Fsp3) is 0.241. The molecule has 11 nitrogen and oxygen atoms in total. The van der Waals surface area contributed by atoms with Gasteiger partial charge in [0.05, 0.1) is 53.3 Å². The zero-order valence-electron chi connectivity index (χ0n) is 22.1. The normalized spacial score (nSPS) is 13.1. The van der Waals surface area contributed by atoms with Gasteiger partial charge in [0, 0.05) is 24.8 Å². The van der Waals surface area contributed by atoms with Crippen LogP contribution in [0.25, 0.3) is 0 Å². The highest BCUT2D eigenvalue weighted by atomic mass is 16.5. The van der Waals surface area contributed by atoms with Crippen molar-refractivity contribution in [2.24, 2.45) is 5.73 Å². The lowest BCUT2D eigenvalue weighted by atomic mass is 10.0. The van der Waals surface area contributed by atoms with Crippen LogP contribution in [-0.2, 0) is 24.2 Å². The maximum Gasteiger partial charge on any atom is 0.240 e. The summed E-state index contributed by atoms with van der Waals surface area (Å²) in [6, 6.07) is 14.0. The van der Waals surface area contributed by atoms with Crippen LogP contribution >= 0.6 is 0 Å². The number of aromatic nitrogens is 4. The van der Waals surface area contributed by atoms with Gasteiger partial charge in [-0.3, -0.25) is 9.89 Å². The Morgan fingerprint density at radius 3 is 2.52 bits per heavy atom. The van der Waals surface area contributed by atoms with Gasteiger partial charge in [-0.2, -0.15) is 20.6 Å². The largest absolute Gasteiger partial charge is 0.438 e. The van der Waals surface area contributed by atoms with Crippen LogP contribution in [0.1, 0.15) is 39.1 Å². The van der Waals surface area contributed by atoms with Crippen molar-refractivity contribution in [1.82, 2.24) is 25.1 Å². The number of benzene rings is 2. The summed E-state index contributed by atoms with van der Waals surface area (Å²) in [5, 5.41) is 28.3. The van der Waals surface area contributed by atoms with Crippen molar-refractivity contribution in [3.63, 3.8) is 0 Å². The molecule has 0 fully saturated rings. The summed E-state index contributed by atoms with van der Waals surface area (Å²) in [5.41, 5.74) is 12.0. The second kappa shape index (κ2) is 11.2. The molecule has 2 aromatic carbocycles. The van der Waals surface area contributed by atoms with E-state index >= 15 is 0 Å². The third-order valence-corrected chi connectivity index (χ3v) is 6.72. The van der Waals surface area contributed by atoms with Crippen LogP contribution in [0.3, 0.4) is 0 Å². The van der Waals surface area contributed by atoms with Crippen molar-refractivity contribution >= 4 is 17.5 Å². The maximum absolute atomic E-state index is 13.3. The van der Waals surface area contributed by atoms with Crippen molar-refractivity contribution in [2.45, 2.75) is 39.3 Å². The first-order valence-electron chi connectivity index (χ1n) is 12.7. The van der Waals surface area contributed by atoms with Gasteiger partial charge in [0.1, 0.15) is 5.75 Å². The number of aryl methyl sites for hydroxylation is 2. The number of H-pyrrole nitrogens is 1. The first kappa shape index (κ1) is 26.4. The van der Waals surface area contributed by atoms with Crippen LogP contribution in [0.15, 0.2) is 48.8 Å². The minimum atomic E-state index is -0.718. The third kappa shape index (κ3) is 5.60. The van der Waals surface area contributed by atoms with Gasteiger partial charge in [0.25, 0.3) is 0 Å². The van der Waals surface area contributed by atoms with Crippen LogP contribution in [0.4, 0.5) is 11.6 Å². The lowest BCUT2D eigenvalue weighted by Crippen LogP contribution is -2.47. The van der Waals surface area contributed by atoms with Gasteiger partial charge in [-0.1, -0.05) is 0 Å². The predicted octanol–water partition coefficient (Wildman–Crippen LogP) is 3.55. The number of nitrogens with two attached hydrogens (primary N) is 1. The number of carbonyl (C=O) groups is 1. The van der Waals surface area contributed by atoms with Gasteiger partial charge in [-0.05, 0) is 73.4 Å². The molecule has 0 spiro atoms. The highest BCUT2D eigenvalue weighted by molar-refractivity contribution is 5.82. The summed E-state index contributed by atoms with van der Waals surface area (Å²) in [6.45, 7) is 4.44. The quantitative estimate of drug-likeness (QED) is 0.321. The summed E-state index contributed by atoms with van der Waals surface area (Å²) in [5.74, 6) is 1.06. The van der Waals surface area contributed by atoms with E-state index in [1.807, 2.05) is 13.8 Å². The SMILES string of the molecule is Cc1cc(C#N)cc(C)c1Oc1nc(Nc2ccc(C#N)cc2)nc2c1CN(C(=O)C(N)Cc1cn[nH]c1)CC2. The van der Waals surface area contributed by atoms with E-state index in [1.54, 1.807) is 53.7 Å². The number of hydrogen-bond acceptors (Lipinski definition) is 9.